The van der Waals surface area contributed by atoms with E-state index in [4.69, 9.17) is 5.26 Å². The molecule has 0 saturated carbocycles. The molecule has 0 radical (unpaired) electrons. The Morgan fingerprint density at radius 3 is 2.89 bits per heavy atom. The fourth-order valence-corrected chi connectivity index (χ4v) is 2.00. The number of hydrogen-bond acceptors (Lipinski definition) is 6. The first-order valence-corrected chi connectivity index (χ1v) is 5.97. The molecule has 1 rings (SSSR count). The summed E-state index contributed by atoms with van der Waals surface area (Å²) in [7, 11) is 2.93. The van der Waals surface area contributed by atoms with Crippen LogP contribution in [-0.4, -0.2) is 44.0 Å². The molecule has 0 aromatic carbocycles. The standard InChI is InChI=1S/C11H13N3O3S/c1-14(7-10(16)17-2)6-9(15)13-11-8(5-12)3-4-18-11/h3-4H,6-7H2,1-2H3,(H,13,15). The van der Waals surface area contributed by atoms with Crippen molar-refractivity contribution in [1.29, 1.82) is 5.26 Å². The lowest BCUT2D eigenvalue weighted by molar-refractivity contribution is -0.141. The van der Waals surface area contributed by atoms with E-state index in [-0.39, 0.29) is 19.0 Å². The molecule has 1 N–H and O–H groups in total. The van der Waals surface area contributed by atoms with Crippen molar-refractivity contribution in [2.75, 3.05) is 32.6 Å². The number of carbonyl (C=O) groups is 2. The van der Waals surface area contributed by atoms with E-state index < -0.39 is 5.97 Å². The average Bonchev–Trinajstić information content (AvgIpc) is 2.75. The van der Waals surface area contributed by atoms with Gasteiger partial charge >= 0.3 is 5.97 Å². The number of hydrogen-bond donors (Lipinski definition) is 1. The van der Waals surface area contributed by atoms with Crippen LogP contribution in [0.2, 0.25) is 0 Å². The van der Waals surface area contributed by atoms with Crippen molar-refractivity contribution >= 4 is 28.2 Å². The highest BCUT2D eigenvalue weighted by molar-refractivity contribution is 7.14. The number of thiophene rings is 1. The van der Waals surface area contributed by atoms with Crippen molar-refractivity contribution in [2.24, 2.45) is 0 Å². The van der Waals surface area contributed by atoms with Crippen LogP contribution in [0, 0.1) is 11.3 Å². The zero-order chi connectivity index (χ0) is 13.5. The van der Waals surface area contributed by atoms with E-state index in [9.17, 15) is 9.59 Å². The molecule has 1 amide bonds. The molecule has 1 heterocycles. The van der Waals surface area contributed by atoms with E-state index in [1.807, 2.05) is 6.07 Å². The van der Waals surface area contributed by atoms with Crippen molar-refractivity contribution in [3.05, 3.63) is 17.0 Å². The van der Waals surface area contributed by atoms with Gasteiger partial charge < -0.3 is 10.1 Å². The number of nitriles is 1. The topological polar surface area (TPSA) is 82.4 Å². The molecule has 0 aliphatic rings. The van der Waals surface area contributed by atoms with Gasteiger partial charge in [-0.1, -0.05) is 0 Å². The van der Waals surface area contributed by atoms with Gasteiger partial charge in [-0.15, -0.1) is 11.3 Å². The van der Waals surface area contributed by atoms with Crippen LogP contribution in [-0.2, 0) is 14.3 Å². The van der Waals surface area contributed by atoms with Crippen molar-refractivity contribution in [2.45, 2.75) is 0 Å². The number of ether oxygens (including phenoxy) is 1. The lowest BCUT2D eigenvalue weighted by Crippen LogP contribution is -2.34. The molecule has 6 nitrogen and oxygen atoms in total. The highest BCUT2D eigenvalue weighted by Crippen LogP contribution is 2.21. The van der Waals surface area contributed by atoms with Crippen LogP contribution in [0.25, 0.3) is 0 Å². The van der Waals surface area contributed by atoms with Gasteiger partial charge in [-0.05, 0) is 18.5 Å². The van der Waals surface area contributed by atoms with Crippen LogP contribution >= 0.6 is 11.3 Å². The molecule has 96 valence electrons. The van der Waals surface area contributed by atoms with E-state index in [1.54, 1.807) is 18.5 Å². The maximum atomic E-state index is 11.7. The summed E-state index contributed by atoms with van der Waals surface area (Å²) in [5.74, 6) is -0.681. The molecule has 0 spiro atoms. The fraction of sp³-hybridized carbons (Fsp3) is 0.364. The van der Waals surface area contributed by atoms with Crippen LogP contribution in [0.4, 0.5) is 5.00 Å². The zero-order valence-corrected chi connectivity index (χ0v) is 10.9. The van der Waals surface area contributed by atoms with E-state index in [2.05, 4.69) is 10.1 Å². The molecule has 7 heteroatoms. The molecule has 0 bridgehead atoms. The van der Waals surface area contributed by atoms with Gasteiger partial charge in [0.15, 0.2) is 0 Å². The molecule has 0 aliphatic heterocycles. The molecule has 0 fully saturated rings. The number of esters is 1. The summed E-state index contributed by atoms with van der Waals surface area (Å²) >= 11 is 1.28. The molecule has 1 aromatic rings. The van der Waals surface area contributed by atoms with Gasteiger partial charge in [-0.25, -0.2) is 0 Å². The summed E-state index contributed by atoms with van der Waals surface area (Å²) in [6.45, 7) is 0.0946. The SMILES string of the molecule is COC(=O)CN(C)CC(=O)Nc1sccc1C#N. The molecule has 0 unspecified atom stereocenters. The molecular weight excluding hydrogens is 254 g/mol. The highest BCUT2D eigenvalue weighted by Gasteiger charge is 2.12. The third-order valence-corrected chi connectivity index (χ3v) is 2.91. The molecule has 0 aliphatic carbocycles. The third-order valence-electron chi connectivity index (χ3n) is 2.08. The summed E-state index contributed by atoms with van der Waals surface area (Å²) in [6, 6.07) is 3.62. The Kier molecular flexibility index (Phi) is 5.30. The minimum Gasteiger partial charge on any atom is -0.468 e. The Balaban J connectivity index is 2.47. The zero-order valence-electron chi connectivity index (χ0n) is 10.1. The van der Waals surface area contributed by atoms with Crippen molar-refractivity contribution in [3.63, 3.8) is 0 Å². The Morgan fingerprint density at radius 1 is 1.56 bits per heavy atom. The number of carbonyl (C=O) groups excluding carboxylic acids is 2. The maximum Gasteiger partial charge on any atom is 0.319 e. The molecule has 1 aromatic heterocycles. The summed E-state index contributed by atoms with van der Waals surface area (Å²) < 4.78 is 4.49. The predicted octanol–water partition coefficient (Wildman–Crippen LogP) is 0.663. The fourth-order valence-electron chi connectivity index (χ4n) is 1.25. The number of anilines is 1. The van der Waals surface area contributed by atoms with Crippen LogP contribution in [0.3, 0.4) is 0 Å². The molecule has 18 heavy (non-hydrogen) atoms. The highest BCUT2D eigenvalue weighted by atomic mass is 32.1. The number of rotatable bonds is 5. The van der Waals surface area contributed by atoms with E-state index >= 15 is 0 Å². The van der Waals surface area contributed by atoms with Crippen LogP contribution < -0.4 is 5.32 Å². The monoisotopic (exact) mass is 267 g/mol. The Morgan fingerprint density at radius 2 is 2.28 bits per heavy atom. The minimum absolute atomic E-state index is 0.0411. The number of nitrogens with one attached hydrogen (secondary N) is 1. The Labute approximate surface area is 109 Å². The van der Waals surface area contributed by atoms with Gasteiger partial charge in [0.2, 0.25) is 5.91 Å². The average molecular weight is 267 g/mol. The smallest absolute Gasteiger partial charge is 0.319 e. The summed E-state index contributed by atoms with van der Waals surface area (Å²) in [6.07, 6.45) is 0. The van der Waals surface area contributed by atoms with E-state index in [0.717, 1.165) is 0 Å². The quantitative estimate of drug-likeness (QED) is 0.793. The molecular formula is C11H13N3O3S. The van der Waals surface area contributed by atoms with Crippen LogP contribution in [0.5, 0.6) is 0 Å². The van der Waals surface area contributed by atoms with Gasteiger partial charge in [0.1, 0.15) is 11.1 Å². The molecule has 0 saturated heterocycles. The number of methoxy groups -OCH3 is 1. The van der Waals surface area contributed by atoms with Gasteiger partial charge in [0.25, 0.3) is 0 Å². The third kappa shape index (κ3) is 4.16. The second-order valence-electron chi connectivity index (χ2n) is 3.57. The predicted molar refractivity (Wildman–Crippen MR) is 67.2 cm³/mol. The van der Waals surface area contributed by atoms with Gasteiger partial charge in [0.05, 0.1) is 25.8 Å². The maximum absolute atomic E-state index is 11.7. The molecule has 0 atom stereocenters. The normalized spacial score (nSPS) is 9.89. The van der Waals surface area contributed by atoms with Crippen LogP contribution in [0.15, 0.2) is 11.4 Å². The van der Waals surface area contributed by atoms with Gasteiger partial charge in [0, 0.05) is 0 Å². The van der Waals surface area contributed by atoms with Gasteiger partial charge in [-0.3, -0.25) is 14.5 Å². The van der Waals surface area contributed by atoms with E-state index in [1.165, 1.54) is 23.3 Å². The summed E-state index contributed by atoms with van der Waals surface area (Å²) in [5.41, 5.74) is 0.434. The number of amides is 1. The number of likely N-dealkylation sites (N-methyl/N-ethyl adjacent to an activating group) is 1. The first-order chi connectivity index (χ1) is 8.56. The second-order valence-corrected chi connectivity index (χ2v) is 4.49. The summed E-state index contributed by atoms with van der Waals surface area (Å²) in [4.78, 5) is 24.2. The number of nitrogens with zero attached hydrogens (tertiary/aromatic N) is 2. The first kappa shape index (κ1) is 14.2. The second kappa shape index (κ2) is 6.74. The van der Waals surface area contributed by atoms with Crippen molar-refractivity contribution < 1.29 is 14.3 Å². The van der Waals surface area contributed by atoms with Gasteiger partial charge in [-0.2, -0.15) is 5.26 Å². The van der Waals surface area contributed by atoms with Crippen molar-refractivity contribution in [1.82, 2.24) is 4.90 Å². The Bertz CT molecular complexity index is 478. The lowest BCUT2D eigenvalue weighted by Gasteiger charge is -2.14. The lowest BCUT2D eigenvalue weighted by atomic mass is 10.3. The minimum atomic E-state index is -0.404. The van der Waals surface area contributed by atoms with E-state index in [0.29, 0.717) is 10.6 Å². The van der Waals surface area contributed by atoms with Crippen LogP contribution in [0.1, 0.15) is 5.56 Å². The van der Waals surface area contributed by atoms with Crippen molar-refractivity contribution in [3.8, 4) is 6.07 Å². The summed E-state index contributed by atoms with van der Waals surface area (Å²) in [5, 5.41) is 13.7. The first-order valence-electron chi connectivity index (χ1n) is 5.09. The largest absolute Gasteiger partial charge is 0.468 e. The Hall–Kier alpha value is -1.91.